The summed E-state index contributed by atoms with van der Waals surface area (Å²) in [7, 11) is 3.09. The van der Waals surface area contributed by atoms with Gasteiger partial charge >= 0.3 is 6.03 Å². The number of urea groups is 1. The van der Waals surface area contributed by atoms with Crippen LogP contribution in [0.2, 0.25) is 0 Å². The second-order valence-corrected chi connectivity index (χ2v) is 7.85. The zero-order valence-corrected chi connectivity index (χ0v) is 18.3. The Kier molecular flexibility index (Phi) is 9.25. The van der Waals surface area contributed by atoms with Gasteiger partial charge in [-0.05, 0) is 42.5 Å². The maximum Gasteiger partial charge on any atom is 0.324 e. The van der Waals surface area contributed by atoms with Gasteiger partial charge in [0.25, 0.3) is 5.91 Å². The van der Waals surface area contributed by atoms with Gasteiger partial charge in [0, 0.05) is 6.54 Å². The number of aliphatic hydroxyl groups excluding tert-OH is 1. The Morgan fingerprint density at radius 2 is 2.03 bits per heavy atom. The van der Waals surface area contributed by atoms with Gasteiger partial charge in [0.05, 0.1) is 33.3 Å². The zero-order chi connectivity index (χ0) is 22.1. The second kappa shape index (κ2) is 11.7. The molecule has 30 heavy (non-hydrogen) atoms. The summed E-state index contributed by atoms with van der Waals surface area (Å²) >= 11 is 1.62. The Balaban J connectivity index is 1.90. The summed E-state index contributed by atoms with van der Waals surface area (Å²) < 4.78 is 10.5. The van der Waals surface area contributed by atoms with Crippen LogP contribution in [-0.4, -0.2) is 79.3 Å². The lowest BCUT2D eigenvalue weighted by Gasteiger charge is -2.17. The Bertz CT molecular complexity index is 760. The Morgan fingerprint density at radius 1 is 1.30 bits per heavy atom. The first-order valence-electron chi connectivity index (χ1n) is 9.65. The molecule has 0 aromatic heterocycles. The van der Waals surface area contributed by atoms with E-state index in [1.54, 1.807) is 31.0 Å². The van der Waals surface area contributed by atoms with E-state index in [-0.39, 0.29) is 31.5 Å². The standard InChI is InChI=1S/C20H29N3O6S/c1-28-16-5-4-13(10-17(16)29-2)6-8-23-19(26)15(22-20(23)27)11-18(25)21-14(12-24)7-9-30-3/h4-5,10,14-15,24H,6-9,11-12H2,1-3H3,(H,21,25)(H,22,27)/t14-,15-/m1/s1. The third-order valence-corrected chi connectivity index (χ3v) is 5.47. The van der Waals surface area contributed by atoms with Crippen molar-refractivity contribution in [1.29, 1.82) is 0 Å². The molecule has 9 nitrogen and oxygen atoms in total. The molecular formula is C20H29N3O6S. The molecule has 2 atom stereocenters. The quantitative estimate of drug-likeness (QED) is 0.412. The third-order valence-electron chi connectivity index (χ3n) is 4.82. The molecule has 1 fully saturated rings. The van der Waals surface area contributed by atoms with Crippen LogP contribution in [0.25, 0.3) is 0 Å². The van der Waals surface area contributed by atoms with Crippen molar-refractivity contribution in [2.75, 3.05) is 39.4 Å². The first-order valence-corrected chi connectivity index (χ1v) is 11.0. The predicted molar refractivity (Wildman–Crippen MR) is 114 cm³/mol. The van der Waals surface area contributed by atoms with Crippen LogP contribution in [0.1, 0.15) is 18.4 Å². The van der Waals surface area contributed by atoms with Crippen LogP contribution in [0.5, 0.6) is 11.5 Å². The first-order chi connectivity index (χ1) is 14.4. The highest BCUT2D eigenvalue weighted by Crippen LogP contribution is 2.27. The number of benzene rings is 1. The molecule has 1 heterocycles. The minimum atomic E-state index is -0.900. The number of hydrogen-bond acceptors (Lipinski definition) is 7. The summed E-state index contributed by atoms with van der Waals surface area (Å²) in [5, 5.41) is 14.6. The van der Waals surface area contributed by atoms with Gasteiger partial charge < -0.3 is 25.2 Å². The highest BCUT2D eigenvalue weighted by Gasteiger charge is 2.38. The second-order valence-electron chi connectivity index (χ2n) is 6.86. The summed E-state index contributed by atoms with van der Waals surface area (Å²) in [6, 6.07) is 3.63. The van der Waals surface area contributed by atoms with E-state index in [9.17, 15) is 19.5 Å². The van der Waals surface area contributed by atoms with Crippen LogP contribution in [0.15, 0.2) is 18.2 Å². The average molecular weight is 440 g/mol. The van der Waals surface area contributed by atoms with Crippen LogP contribution in [-0.2, 0) is 16.0 Å². The molecule has 1 aromatic rings. The van der Waals surface area contributed by atoms with Gasteiger partial charge in [-0.15, -0.1) is 0 Å². The monoisotopic (exact) mass is 439 g/mol. The molecule has 0 radical (unpaired) electrons. The smallest absolute Gasteiger partial charge is 0.324 e. The number of nitrogens with zero attached hydrogens (tertiary/aromatic N) is 1. The average Bonchev–Trinajstić information content (AvgIpc) is 3.01. The number of imide groups is 1. The van der Waals surface area contributed by atoms with E-state index >= 15 is 0 Å². The number of ether oxygens (including phenoxy) is 2. The number of carbonyl (C=O) groups is 3. The van der Waals surface area contributed by atoms with Crippen molar-refractivity contribution in [3.8, 4) is 11.5 Å². The number of rotatable bonds is 12. The molecule has 1 aliphatic rings. The van der Waals surface area contributed by atoms with E-state index in [1.165, 1.54) is 7.11 Å². The molecule has 166 valence electrons. The molecule has 0 spiro atoms. The molecule has 1 aromatic carbocycles. The Labute approximate surface area is 180 Å². The van der Waals surface area contributed by atoms with Crippen LogP contribution >= 0.6 is 11.8 Å². The van der Waals surface area contributed by atoms with Crippen molar-refractivity contribution in [3.05, 3.63) is 23.8 Å². The number of carbonyl (C=O) groups excluding carboxylic acids is 3. The van der Waals surface area contributed by atoms with Gasteiger partial charge in [-0.2, -0.15) is 11.8 Å². The Hall–Kier alpha value is -2.46. The lowest BCUT2D eigenvalue weighted by Crippen LogP contribution is -2.42. The van der Waals surface area contributed by atoms with Gasteiger partial charge in [0.1, 0.15) is 6.04 Å². The lowest BCUT2D eigenvalue weighted by atomic mass is 10.1. The van der Waals surface area contributed by atoms with E-state index < -0.39 is 18.0 Å². The summed E-state index contributed by atoms with van der Waals surface area (Å²) in [6.45, 7) is 0.0139. The fourth-order valence-corrected chi connectivity index (χ4v) is 3.67. The number of methoxy groups -OCH3 is 2. The summed E-state index contributed by atoms with van der Waals surface area (Å²) in [5.41, 5.74) is 0.883. The highest BCUT2D eigenvalue weighted by molar-refractivity contribution is 7.98. The number of nitrogens with one attached hydrogen (secondary N) is 2. The van der Waals surface area contributed by atoms with Crippen molar-refractivity contribution in [2.24, 2.45) is 0 Å². The molecule has 0 unspecified atom stereocenters. The Morgan fingerprint density at radius 3 is 2.67 bits per heavy atom. The van der Waals surface area contributed by atoms with Gasteiger partial charge in [0.15, 0.2) is 11.5 Å². The summed E-state index contributed by atoms with van der Waals surface area (Å²) in [4.78, 5) is 38.1. The molecular weight excluding hydrogens is 410 g/mol. The van der Waals surface area contributed by atoms with E-state index in [4.69, 9.17) is 9.47 Å². The molecule has 0 aliphatic carbocycles. The largest absolute Gasteiger partial charge is 0.493 e. The molecule has 1 saturated heterocycles. The van der Waals surface area contributed by atoms with Crippen molar-refractivity contribution < 1.29 is 29.0 Å². The maximum absolute atomic E-state index is 12.6. The van der Waals surface area contributed by atoms with Crippen molar-refractivity contribution in [1.82, 2.24) is 15.5 Å². The summed E-state index contributed by atoms with van der Waals surface area (Å²) in [6.07, 6.45) is 2.86. The van der Waals surface area contributed by atoms with Crippen LogP contribution in [0.4, 0.5) is 4.79 Å². The molecule has 2 rings (SSSR count). The fraction of sp³-hybridized carbons (Fsp3) is 0.550. The molecule has 0 saturated carbocycles. The molecule has 1 aliphatic heterocycles. The van der Waals surface area contributed by atoms with E-state index in [2.05, 4.69) is 10.6 Å². The number of thioether (sulfide) groups is 1. The lowest BCUT2D eigenvalue weighted by molar-refractivity contribution is -0.131. The SMILES string of the molecule is COc1ccc(CCN2C(=O)N[C@H](CC(=O)N[C@@H](CO)CCSC)C2=O)cc1OC. The van der Waals surface area contributed by atoms with Crippen LogP contribution < -0.4 is 20.1 Å². The number of hydrogen-bond donors (Lipinski definition) is 3. The molecule has 10 heteroatoms. The first kappa shape index (κ1) is 23.8. The highest BCUT2D eigenvalue weighted by atomic mass is 32.2. The zero-order valence-electron chi connectivity index (χ0n) is 17.5. The minimum absolute atomic E-state index is 0.160. The minimum Gasteiger partial charge on any atom is -0.493 e. The fourth-order valence-electron chi connectivity index (χ4n) is 3.15. The number of aliphatic hydroxyl groups is 1. The summed E-state index contributed by atoms with van der Waals surface area (Å²) in [5.74, 6) is 1.16. The van der Waals surface area contributed by atoms with Gasteiger partial charge in [-0.25, -0.2) is 4.79 Å². The molecule has 3 N–H and O–H groups in total. The van der Waals surface area contributed by atoms with E-state index in [0.717, 1.165) is 16.2 Å². The normalized spacial score (nSPS) is 16.9. The molecule has 4 amide bonds. The van der Waals surface area contributed by atoms with Crippen molar-refractivity contribution >= 4 is 29.6 Å². The van der Waals surface area contributed by atoms with Gasteiger partial charge in [-0.3, -0.25) is 14.5 Å². The van der Waals surface area contributed by atoms with Gasteiger partial charge in [-0.1, -0.05) is 6.07 Å². The van der Waals surface area contributed by atoms with Crippen molar-refractivity contribution in [2.45, 2.75) is 31.3 Å². The third kappa shape index (κ3) is 6.27. The van der Waals surface area contributed by atoms with Crippen LogP contribution in [0.3, 0.4) is 0 Å². The van der Waals surface area contributed by atoms with Crippen molar-refractivity contribution in [3.63, 3.8) is 0 Å². The number of amides is 4. The predicted octanol–water partition coefficient (Wildman–Crippen LogP) is 0.787. The topological polar surface area (TPSA) is 117 Å². The van der Waals surface area contributed by atoms with E-state index in [1.807, 2.05) is 12.3 Å². The van der Waals surface area contributed by atoms with Crippen LogP contribution in [0, 0.1) is 0 Å². The molecule has 0 bridgehead atoms. The van der Waals surface area contributed by atoms with Gasteiger partial charge in [0.2, 0.25) is 5.91 Å². The van der Waals surface area contributed by atoms with E-state index in [0.29, 0.717) is 24.3 Å². The maximum atomic E-state index is 12.6.